The first-order valence-corrected chi connectivity index (χ1v) is 8.76. The van der Waals surface area contributed by atoms with Gasteiger partial charge >= 0.3 is 0 Å². The van der Waals surface area contributed by atoms with Gasteiger partial charge in [0.05, 0.1) is 12.2 Å². The van der Waals surface area contributed by atoms with E-state index in [-0.39, 0.29) is 24.8 Å². The van der Waals surface area contributed by atoms with Crippen LogP contribution in [0.15, 0.2) is 42.7 Å². The molecule has 1 N–H and O–H groups in total. The van der Waals surface area contributed by atoms with E-state index in [0.717, 1.165) is 17.7 Å². The van der Waals surface area contributed by atoms with E-state index in [0.29, 0.717) is 13.1 Å². The maximum Gasteiger partial charge on any atom is 0.290 e. The van der Waals surface area contributed by atoms with E-state index in [1.807, 2.05) is 43.5 Å². The molecule has 2 aromatic rings. The van der Waals surface area contributed by atoms with E-state index < -0.39 is 6.04 Å². The molecule has 8 heteroatoms. The predicted molar refractivity (Wildman–Crippen MR) is 99.1 cm³/mol. The summed E-state index contributed by atoms with van der Waals surface area (Å²) in [7, 11) is 0. The molecule has 0 unspecified atom stereocenters. The van der Waals surface area contributed by atoms with Crippen molar-refractivity contribution in [3.63, 3.8) is 0 Å². The lowest BCUT2D eigenvalue weighted by Crippen LogP contribution is -2.58. The molecule has 1 fully saturated rings. The highest BCUT2D eigenvalue weighted by molar-refractivity contribution is 5.94. The first-order valence-electron chi connectivity index (χ1n) is 8.76. The van der Waals surface area contributed by atoms with Crippen LogP contribution >= 0.6 is 0 Å². The van der Waals surface area contributed by atoms with Crippen LogP contribution in [0.4, 0.5) is 0 Å². The summed E-state index contributed by atoms with van der Waals surface area (Å²) in [6, 6.07) is 9.31. The summed E-state index contributed by atoms with van der Waals surface area (Å²) in [6.45, 7) is 4.81. The molecule has 27 heavy (non-hydrogen) atoms. The molecule has 0 bridgehead atoms. The molecule has 1 saturated heterocycles. The third-order valence-electron chi connectivity index (χ3n) is 4.31. The van der Waals surface area contributed by atoms with E-state index in [1.165, 1.54) is 0 Å². The van der Waals surface area contributed by atoms with Crippen molar-refractivity contribution in [2.75, 3.05) is 13.1 Å². The predicted octanol–water partition coefficient (Wildman–Crippen LogP) is 1.54. The van der Waals surface area contributed by atoms with Gasteiger partial charge in [0.1, 0.15) is 6.04 Å². The summed E-state index contributed by atoms with van der Waals surface area (Å²) >= 11 is 0. The summed E-state index contributed by atoms with van der Waals surface area (Å²) in [6.07, 6.45) is 4.46. The Morgan fingerprint density at radius 2 is 2.04 bits per heavy atom. The Hall–Kier alpha value is -3.16. The Balaban J connectivity index is 0.000000817. The Morgan fingerprint density at radius 1 is 1.30 bits per heavy atom. The van der Waals surface area contributed by atoms with Crippen molar-refractivity contribution in [3.8, 4) is 5.69 Å². The standard InChI is InChI=1S/C18H22N4O2.CH2O2/c1-3-9-20-13-17(23)21(14(2)18(20)24)12-15-6-4-7-16(11-15)22-10-5-8-19-22;2-1-3/h4-8,10-11,14H,3,9,12-13H2,1-2H3;1H,(H,2,3)/t14-;/m0./s1. The molecule has 144 valence electrons. The number of aromatic nitrogens is 2. The third kappa shape index (κ3) is 4.93. The lowest BCUT2D eigenvalue weighted by molar-refractivity contribution is -0.155. The number of carbonyl (C=O) groups is 3. The first kappa shape index (κ1) is 20.2. The minimum absolute atomic E-state index is 0.0000391. The lowest BCUT2D eigenvalue weighted by atomic mass is 10.1. The van der Waals surface area contributed by atoms with Crippen molar-refractivity contribution in [2.45, 2.75) is 32.9 Å². The molecule has 1 aliphatic heterocycles. The first-order chi connectivity index (χ1) is 13.0. The number of rotatable bonds is 5. The quantitative estimate of drug-likeness (QED) is 0.803. The highest BCUT2D eigenvalue weighted by Gasteiger charge is 2.35. The van der Waals surface area contributed by atoms with E-state index in [2.05, 4.69) is 5.10 Å². The minimum Gasteiger partial charge on any atom is -0.483 e. The summed E-state index contributed by atoms with van der Waals surface area (Å²) in [4.78, 5) is 36.6. The van der Waals surface area contributed by atoms with E-state index in [4.69, 9.17) is 9.90 Å². The SMILES string of the molecule is CCCN1CC(=O)N(Cc2cccc(-n3cccn3)c2)[C@@H](C)C1=O.O=CO. The smallest absolute Gasteiger partial charge is 0.290 e. The van der Waals surface area contributed by atoms with Crippen LogP contribution in [0.2, 0.25) is 0 Å². The molecule has 2 heterocycles. The van der Waals surface area contributed by atoms with Crippen molar-refractivity contribution in [3.05, 3.63) is 48.3 Å². The summed E-state index contributed by atoms with van der Waals surface area (Å²) in [5.41, 5.74) is 1.92. The molecular formula is C19H24N4O4. The van der Waals surface area contributed by atoms with Crippen LogP contribution < -0.4 is 0 Å². The largest absolute Gasteiger partial charge is 0.483 e. The van der Waals surface area contributed by atoms with Crippen molar-refractivity contribution in [1.29, 1.82) is 0 Å². The maximum atomic E-state index is 12.5. The van der Waals surface area contributed by atoms with E-state index in [9.17, 15) is 9.59 Å². The zero-order valence-electron chi connectivity index (χ0n) is 15.5. The topological polar surface area (TPSA) is 95.7 Å². The second-order valence-electron chi connectivity index (χ2n) is 6.18. The summed E-state index contributed by atoms with van der Waals surface area (Å²) in [5.74, 6) is 0.0275. The van der Waals surface area contributed by atoms with E-state index >= 15 is 0 Å². The fourth-order valence-corrected chi connectivity index (χ4v) is 3.05. The highest BCUT2D eigenvalue weighted by Crippen LogP contribution is 2.18. The van der Waals surface area contributed by atoms with E-state index in [1.54, 1.807) is 27.6 Å². The Kier molecular flexibility index (Phi) is 7.10. The molecule has 2 amide bonds. The van der Waals surface area contributed by atoms with Crippen LogP contribution in [0.1, 0.15) is 25.8 Å². The van der Waals surface area contributed by atoms with Gasteiger partial charge in [-0.25, -0.2) is 4.68 Å². The number of nitrogens with zero attached hydrogens (tertiary/aromatic N) is 4. The summed E-state index contributed by atoms with van der Waals surface area (Å²) < 4.78 is 1.78. The third-order valence-corrected chi connectivity index (χ3v) is 4.31. The number of piperazine rings is 1. The van der Waals surface area contributed by atoms with Crippen LogP contribution in [0.25, 0.3) is 5.69 Å². The number of amides is 2. The van der Waals surface area contributed by atoms with Crippen LogP contribution in [-0.4, -0.2) is 62.1 Å². The van der Waals surface area contributed by atoms with Gasteiger partial charge in [0.2, 0.25) is 11.8 Å². The molecule has 1 aromatic heterocycles. The zero-order valence-corrected chi connectivity index (χ0v) is 15.5. The van der Waals surface area contributed by atoms with Gasteiger partial charge in [0.25, 0.3) is 6.47 Å². The Bertz CT molecular complexity index is 776. The molecule has 0 aliphatic carbocycles. The number of carbonyl (C=O) groups excluding carboxylic acids is 2. The van der Waals surface area contributed by atoms with Gasteiger partial charge in [0.15, 0.2) is 0 Å². The van der Waals surface area contributed by atoms with Crippen LogP contribution in [0, 0.1) is 0 Å². The average Bonchev–Trinajstić information content (AvgIpc) is 3.19. The Morgan fingerprint density at radius 3 is 2.67 bits per heavy atom. The lowest BCUT2D eigenvalue weighted by Gasteiger charge is -2.38. The summed E-state index contributed by atoms with van der Waals surface area (Å²) in [5, 5.41) is 11.1. The molecule has 1 atom stereocenters. The van der Waals surface area contributed by atoms with Gasteiger partial charge in [-0.15, -0.1) is 0 Å². The fraction of sp³-hybridized carbons (Fsp3) is 0.368. The zero-order chi connectivity index (χ0) is 19.8. The van der Waals surface area contributed by atoms with Crippen molar-refractivity contribution in [2.24, 2.45) is 0 Å². The molecule has 1 aromatic carbocycles. The molecule has 1 aliphatic rings. The maximum absolute atomic E-state index is 12.5. The Labute approximate surface area is 158 Å². The minimum atomic E-state index is -0.425. The van der Waals surface area contributed by atoms with Gasteiger partial charge in [-0.2, -0.15) is 5.10 Å². The molecular weight excluding hydrogens is 348 g/mol. The normalized spacial score (nSPS) is 16.7. The van der Waals surface area contributed by atoms with Gasteiger partial charge in [-0.1, -0.05) is 19.1 Å². The van der Waals surface area contributed by atoms with Crippen molar-refractivity contribution >= 4 is 18.3 Å². The number of hydrogen-bond acceptors (Lipinski definition) is 4. The van der Waals surface area contributed by atoms with Crippen molar-refractivity contribution < 1.29 is 19.5 Å². The fourth-order valence-electron chi connectivity index (χ4n) is 3.05. The molecule has 8 nitrogen and oxygen atoms in total. The van der Waals surface area contributed by atoms with Gasteiger partial charge < -0.3 is 14.9 Å². The average molecular weight is 372 g/mol. The van der Waals surface area contributed by atoms with Crippen LogP contribution in [0.3, 0.4) is 0 Å². The number of hydrogen-bond donors (Lipinski definition) is 1. The van der Waals surface area contributed by atoms with Gasteiger partial charge in [-0.3, -0.25) is 14.4 Å². The molecule has 0 radical (unpaired) electrons. The molecule has 0 spiro atoms. The second kappa shape index (κ2) is 9.51. The number of benzene rings is 1. The highest BCUT2D eigenvalue weighted by atomic mass is 16.3. The molecule has 3 rings (SSSR count). The second-order valence-corrected chi connectivity index (χ2v) is 6.18. The van der Waals surface area contributed by atoms with Crippen molar-refractivity contribution in [1.82, 2.24) is 19.6 Å². The van der Waals surface area contributed by atoms with Gasteiger partial charge in [-0.05, 0) is 37.1 Å². The van der Waals surface area contributed by atoms with Crippen LogP contribution in [0.5, 0.6) is 0 Å². The monoisotopic (exact) mass is 372 g/mol. The molecule has 0 saturated carbocycles. The number of carboxylic acid groups (broad SMARTS) is 1. The van der Waals surface area contributed by atoms with Gasteiger partial charge in [0, 0.05) is 25.5 Å². The van der Waals surface area contributed by atoms with Crippen LogP contribution in [-0.2, 0) is 20.9 Å².